The van der Waals surface area contributed by atoms with Crippen LogP contribution >= 0.6 is 15.9 Å². The standard InChI is InChI=1S/C23H15BrN2O3/c24-16-8-9-18-17(11-16)21(27)19-20(15-7-4-10-25-12-15)26(23(28)22(19)29-18)13-14-5-2-1-3-6-14/h1-12,20H,13H2. The van der Waals surface area contributed by atoms with E-state index in [0.29, 0.717) is 23.1 Å². The van der Waals surface area contributed by atoms with Crippen LogP contribution in [0.2, 0.25) is 0 Å². The fourth-order valence-corrected chi connectivity index (χ4v) is 4.18. The predicted octanol–water partition coefficient (Wildman–Crippen LogP) is 4.70. The molecule has 4 aromatic rings. The summed E-state index contributed by atoms with van der Waals surface area (Å²) in [5.74, 6) is -0.186. The fraction of sp³-hybridized carbons (Fsp3) is 0.0870. The molecule has 0 aliphatic carbocycles. The number of aromatic nitrogens is 1. The van der Waals surface area contributed by atoms with Crippen molar-refractivity contribution in [2.75, 3.05) is 0 Å². The molecule has 2 aromatic carbocycles. The Labute approximate surface area is 174 Å². The summed E-state index contributed by atoms with van der Waals surface area (Å²) in [6.45, 7) is 0.364. The molecule has 0 bridgehead atoms. The van der Waals surface area contributed by atoms with Gasteiger partial charge in [-0.05, 0) is 35.4 Å². The summed E-state index contributed by atoms with van der Waals surface area (Å²) >= 11 is 3.41. The van der Waals surface area contributed by atoms with E-state index in [-0.39, 0.29) is 17.1 Å². The Morgan fingerprint density at radius 3 is 2.62 bits per heavy atom. The molecule has 5 nitrogen and oxygen atoms in total. The lowest BCUT2D eigenvalue weighted by Crippen LogP contribution is -2.29. The molecule has 1 atom stereocenters. The van der Waals surface area contributed by atoms with Crippen LogP contribution in [0.1, 0.15) is 33.3 Å². The molecule has 1 aliphatic heterocycles. The van der Waals surface area contributed by atoms with Gasteiger partial charge in [-0.15, -0.1) is 0 Å². The average Bonchev–Trinajstić information content (AvgIpc) is 3.02. The molecule has 0 spiro atoms. The summed E-state index contributed by atoms with van der Waals surface area (Å²) in [7, 11) is 0. The molecule has 0 saturated carbocycles. The molecule has 6 heteroatoms. The fourth-order valence-electron chi connectivity index (χ4n) is 3.82. The third-order valence-corrected chi connectivity index (χ3v) is 5.62. The number of hydrogen-bond acceptors (Lipinski definition) is 4. The van der Waals surface area contributed by atoms with E-state index < -0.39 is 6.04 Å². The Morgan fingerprint density at radius 1 is 1.03 bits per heavy atom. The van der Waals surface area contributed by atoms with Crippen LogP contribution in [-0.2, 0) is 6.54 Å². The van der Waals surface area contributed by atoms with Gasteiger partial charge in [0.05, 0.1) is 17.0 Å². The van der Waals surface area contributed by atoms with E-state index in [9.17, 15) is 9.59 Å². The highest BCUT2D eigenvalue weighted by molar-refractivity contribution is 9.10. The van der Waals surface area contributed by atoms with Crippen molar-refractivity contribution in [2.45, 2.75) is 12.6 Å². The molecule has 1 aliphatic rings. The van der Waals surface area contributed by atoms with E-state index in [1.807, 2.05) is 36.4 Å². The van der Waals surface area contributed by atoms with Crippen LogP contribution in [0, 0.1) is 0 Å². The highest BCUT2D eigenvalue weighted by atomic mass is 79.9. The zero-order chi connectivity index (χ0) is 20.0. The topological polar surface area (TPSA) is 63.4 Å². The molecule has 3 heterocycles. The van der Waals surface area contributed by atoms with Gasteiger partial charge in [-0.3, -0.25) is 14.6 Å². The Balaban J connectivity index is 1.74. The summed E-state index contributed by atoms with van der Waals surface area (Å²) in [5, 5.41) is 0.446. The molecule has 1 amide bonds. The molecule has 0 radical (unpaired) electrons. The highest BCUT2D eigenvalue weighted by Crippen LogP contribution is 2.39. The van der Waals surface area contributed by atoms with E-state index >= 15 is 0 Å². The second-order valence-electron chi connectivity index (χ2n) is 6.92. The third kappa shape index (κ3) is 2.96. The highest BCUT2D eigenvalue weighted by Gasteiger charge is 2.42. The first kappa shape index (κ1) is 17.8. The molecule has 0 saturated heterocycles. The first-order valence-electron chi connectivity index (χ1n) is 9.14. The van der Waals surface area contributed by atoms with Gasteiger partial charge >= 0.3 is 0 Å². The third-order valence-electron chi connectivity index (χ3n) is 5.12. The number of amides is 1. The maximum absolute atomic E-state index is 13.4. The molecule has 0 N–H and O–H groups in total. The van der Waals surface area contributed by atoms with Crippen LogP contribution in [0.4, 0.5) is 0 Å². The molecule has 2 aromatic heterocycles. The zero-order valence-electron chi connectivity index (χ0n) is 15.2. The van der Waals surface area contributed by atoms with E-state index in [0.717, 1.165) is 15.6 Å². The monoisotopic (exact) mass is 446 g/mol. The van der Waals surface area contributed by atoms with Gasteiger partial charge in [0.1, 0.15) is 5.58 Å². The quantitative estimate of drug-likeness (QED) is 0.457. The number of pyridine rings is 1. The Hall–Kier alpha value is -3.25. The largest absolute Gasteiger partial charge is 0.450 e. The summed E-state index contributed by atoms with van der Waals surface area (Å²) in [6.07, 6.45) is 3.36. The summed E-state index contributed by atoms with van der Waals surface area (Å²) in [5.41, 5.74) is 2.32. The van der Waals surface area contributed by atoms with Crippen molar-refractivity contribution in [3.05, 3.63) is 110 Å². The lowest BCUT2D eigenvalue weighted by Gasteiger charge is -2.25. The average molecular weight is 447 g/mol. The van der Waals surface area contributed by atoms with Gasteiger partial charge in [-0.2, -0.15) is 0 Å². The lowest BCUT2D eigenvalue weighted by atomic mass is 9.99. The normalized spacial score (nSPS) is 15.7. The van der Waals surface area contributed by atoms with Gasteiger partial charge in [0.15, 0.2) is 5.43 Å². The van der Waals surface area contributed by atoms with Crippen LogP contribution in [0.5, 0.6) is 0 Å². The maximum atomic E-state index is 13.4. The summed E-state index contributed by atoms with van der Waals surface area (Å²) in [6, 6.07) is 18.1. The lowest BCUT2D eigenvalue weighted by molar-refractivity contribution is 0.0714. The molecule has 142 valence electrons. The number of hydrogen-bond donors (Lipinski definition) is 0. The summed E-state index contributed by atoms with van der Waals surface area (Å²) < 4.78 is 6.72. The molecule has 1 unspecified atom stereocenters. The number of nitrogens with zero attached hydrogens (tertiary/aromatic N) is 2. The van der Waals surface area contributed by atoms with Gasteiger partial charge in [-0.1, -0.05) is 52.3 Å². The van der Waals surface area contributed by atoms with Crippen molar-refractivity contribution >= 4 is 32.8 Å². The molecular formula is C23H15BrN2O3. The van der Waals surface area contributed by atoms with Crippen LogP contribution in [-0.4, -0.2) is 15.8 Å². The van der Waals surface area contributed by atoms with Crippen molar-refractivity contribution in [3.8, 4) is 0 Å². The van der Waals surface area contributed by atoms with Gasteiger partial charge in [0.2, 0.25) is 5.76 Å². The Morgan fingerprint density at radius 2 is 1.86 bits per heavy atom. The number of rotatable bonds is 3. The molecular weight excluding hydrogens is 432 g/mol. The second-order valence-corrected chi connectivity index (χ2v) is 7.84. The van der Waals surface area contributed by atoms with Crippen molar-refractivity contribution in [1.29, 1.82) is 0 Å². The SMILES string of the molecule is O=C1c2oc3ccc(Br)cc3c(=O)c2C(c2cccnc2)N1Cc1ccccc1. The number of halogens is 1. The molecule has 5 rings (SSSR count). The minimum atomic E-state index is -0.550. The van der Waals surface area contributed by atoms with Crippen molar-refractivity contribution in [1.82, 2.24) is 9.88 Å². The predicted molar refractivity (Wildman–Crippen MR) is 113 cm³/mol. The Kier molecular flexibility index (Phi) is 4.28. The molecule has 29 heavy (non-hydrogen) atoms. The van der Waals surface area contributed by atoms with Gasteiger partial charge in [0.25, 0.3) is 5.91 Å². The first-order chi connectivity index (χ1) is 14.1. The van der Waals surface area contributed by atoms with Crippen LogP contribution in [0.3, 0.4) is 0 Å². The van der Waals surface area contributed by atoms with E-state index in [2.05, 4.69) is 20.9 Å². The minimum Gasteiger partial charge on any atom is -0.450 e. The van der Waals surface area contributed by atoms with Crippen molar-refractivity contribution in [3.63, 3.8) is 0 Å². The van der Waals surface area contributed by atoms with Gasteiger partial charge < -0.3 is 9.32 Å². The van der Waals surface area contributed by atoms with E-state index in [1.165, 1.54) is 0 Å². The maximum Gasteiger partial charge on any atom is 0.291 e. The number of carbonyl (C=O) groups is 1. The smallest absolute Gasteiger partial charge is 0.291 e. The summed E-state index contributed by atoms with van der Waals surface area (Å²) in [4.78, 5) is 32.6. The van der Waals surface area contributed by atoms with Gasteiger partial charge in [-0.25, -0.2) is 0 Å². The van der Waals surface area contributed by atoms with E-state index in [1.54, 1.807) is 41.6 Å². The number of benzene rings is 2. The van der Waals surface area contributed by atoms with Crippen molar-refractivity contribution < 1.29 is 9.21 Å². The number of fused-ring (bicyclic) bond motifs is 2. The second kappa shape index (κ2) is 6.97. The Bertz CT molecular complexity index is 1290. The molecule has 0 fully saturated rings. The van der Waals surface area contributed by atoms with Crippen LogP contribution in [0.25, 0.3) is 11.0 Å². The van der Waals surface area contributed by atoms with Gasteiger partial charge in [0, 0.05) is 23.4 Å². The minimum absolute atomic E-state index is 0.106. The first-order valence-corrected chi connectivity index (χ1v) is 9.94. The van der Waals surface area contributed by atoms with Crippen molar-refractivity contribution in [2.24, 2.45) is 0 Å². The van der Waals surface area contributed by atoms with E-state index in [4.69, 9.17) is 4.42 Å². The number of carbonyl (C=O) groups excluding carboxylic acids is 1. The zero-order valence-corrected chi connectivity index (χ0v) is 16.8. The van der Waals surface area contributed by atoms with Crippen LogP contribution in [0.15, 0.2) is 86.7 Å². The van der Waals surface area contributed by atoms with Crippen LogP contribution < -0.4 is 5.43 Å².